The van der Waals surface area contributed by atoms with Crippen LogP contribution in [0.2, 0.25) is 0 Å². The second-order valence-electron chi connectivity index (χ2n) is 7.17. The number of ether oxygens (including phenoxy) is 1. The highest BCUT2D eigenvalue weighted by Crippen LogP contribution is 2.27. The molecule has 1 saturated heterocycles. The highest BCUT2D eigenvalue weighted by molar-refractivity contribution is 5.82. The molecule has 0 spiro atoms. The van der Waals surface area contributed by atoms with Gasteiger partial charge in [0.15, 0.2) is 0 Å². The van der Waals surface area contributed by atoms with Crippen molar-refractivity contribution in [3.63, 3.8) is 0 Å². The lowest BCUT2D eigenvalue weighted by Gasteiger charge is -2.39. The molecule has 1 aliphatic heterocycles. The summed E-state index contributed by atoms with van der Waals surface area (Å²) in [6, 6.07) is 3.77. The fraction of sp³-hybridized carbons (Fsp3) is 0.722. The van der Waals surface area contributed by atoms with Gasteiger partial charge < -0.3 is 19.6 Å². The molecule has 0 radical (unpaired) electrons. The lowest BCUT2D eigenvalue weighted by atomic mass is 10.0. The standard InChI is InChI=1S/C18H28N2O4/c1-13-7-8-16(24-13)18(2,22)12-19-17(21)15-11-23-10-9-20(15)14-5-3-4-6-14/h7-8,14-15,22H,3-6,9-12H2,1-2H3,(H,19,21). The molecule has 2 unspecified atom stereocenters. The molecule has 2 fully saturated rings. The zero-order valence-electron chi connectivity index (χ0n) is 14.6. The van der Waals surface area contributed by atoms with Gasteiger partial charge >= 0.3 is 0 Å². The average molecular weight is 336 g/mol. The van der Waals surface area contributed by atoms with Crippen LogP contribution in [0, 0.1) is 6.92 Å². The Bertz CT molecular complexity index is 563. The van der Waals surface area contributed by atoms with E-state index < -0.39 is 5.60 Å². The largest absolute Gasteiger partial charge is 0.463 e. The highest BCUT2D eigenvalue weighted by Gasteiger charge is 2.36. The van der Waals surface area contributed by atoms with Gasteiger partial charge in [0, 0.05) is 12.6 Å². The third kappa shape index (κ3) is 3.82. The highest BCUT2D eigenvalue weighted by atomic mass is 16.5. The minimum Gasteiger partial charge on any atom is -0.463 e. The lowest BCUT2D eigenvalue weighted by molar-refractivity contribution is -0.135. The van der Waals surface area contributed by atoms with Gasteiger partial charge in [0.1, 0.15) is 23.2 Å². The van der Waals surface area contributed by atoms with E-state index >= 15 is 0 Å². The molecule has 2 N–H and O–H groups in total. The third-order valence-electron chi connectivity index (χ3n) is 5.14. The van der Waals surface area contributed by atoms with Gasteiger partial charge in [-0.15, -0.1) is 0 Å². The van der Waals surface area contributed by atoms with Crippen LogP contribution in [-0.2, 0) is 15.1 Å². The Morgan fingerprint density at radius 1 is 1.42 bits per heavy atom. The first kappa shape index (κ1) is 17.5. The molecule has 1 aromatic rings. The molecule has 3 rings (SSSR count). The van der Waals surface area contributed by atoms with Crippen molar-refractivity contribution in [1.29, 1.82) is 0 Å². The number of nitrogens with zero attached hydrogens (tertiary/aromatic N) is 1. The van der Waals surface area contributed by atoms with Crippen molar-refractivity contribution in [2.45, 2.75) is 57.2 Å². The molecule has 1 aliphatic carbocycles. The molecule has 0 bridgehead atoms. The SMILES string of the molecule is Cc1ccc(C(C)(O)CNC(=O)C2COCCN2C2CCCC2)o1. The molecule has 2 aliphatic rings. The summed E-state index contributed by atoms with van der Waals surface area (Å²) in [5.74, 6) is 1.13. The molecule has 1 aromatic heterocycles. The van der Waals surface area contributed by atoms with Gasteiger partial charge in [-0.3, -0.25) is 9.69 Å². The van der Waals surface area contributed by atoms with Gasteiger partial charge in [-0.05, 0) is 38.8 Å². The van der Waals surface area contributed by atoms with Gasteiger partial charge in [-0.25, -0.2) is 0 Å². The van der Waals surface area contributed by atoms with Crippen LogP contribution in [0.5, 0.6) is 0 Å². The Hall–Kier alpha value is -1.37. The maximum absolute atomic E-state index is 12.7. The summed E-state index contributed by atoms with van der Waals surface area (Å²) in [6.45, 7) is 5.51. The predicted molar refractivity (Wildman–Crippen MR) is 89.6 cm³/mol. The molecular weight excluding hydrogens is 308 g/mol. The monoisotopic (exact) mass is 336 g/mol. The van der Waals surface area contributed by atoms with Crippen LogP contribution < -0.4 is 5.32 Å². The summed E-state index contributed by atoms with van der Waals surface area (Å²) in [7, 11) is 0. The molecule has 6 heteroatoms. The van der Waals surface area contributed by atoms with E-state index in [0.29, 0.717) is 25.0 Å². The van der Waals surface area contributed by atoms with Crippen molar-refractivity contribution in [3.8, 4) is 0 Å². The predicted octanol–water partition coefficient (Wildman–Crippen LogP) is 1.56. The van der Waals surface area contributed by atoms with Crippen LogP contribution in [0.25, 0.3) is 0 Å². The summed E-state index contributed by atoms with van der Waals surface area (Å²) in [5.41, 5.74) is -1.22. The quantitative estimate of drug-likeness (QED) is 0.853. The van der Waals surface area contributed by atoms with Crippen molar-refractivity contribution >= 4 is 5.91 Å². The Balaban J connectivity index is 1.60. The first-order chi connectivity index (χ1) is 11.5. The van der Waals surface area contributed by atoms with E-state index in [-0.39, 0.29) is 18.5 Å². The molecule has 1 amide bonds. The molecule has 2 heterocycles. The Labute approximate surface area is 143 Å². The van der Waals surface area contributed by atoms with Crippen LogP contribution in [0.3, 0.4) is 0 Å². The van der Waals surface area contributed by atoms with E-state index in [1.807, 2.05) is 13.0 Å². The van der Waals surface area contributed by atoms with E-state index in [1.165, 1.54) is 12.8 Å². The minimum absolute atomic E-state index is 0.0786. The molecule has 134 valence electrons. The zero-order chi connectivity index (χ0) is 17.2. The number of amides is 1. The van der Waals surface area contributed by atoms with Gasteiger partial charge in [0.2, 0.25) is 5.91 Å². The smallest absolute Gasteiger partial charge is 0.239 e. The number of hydrogen-bond donors (Lipinski definition) is 2. The Morgan fingerprint density at radius 3 is 2.83 bits per heavy atom. The van der Waals surface area contributed by atoms with Crippen molar-refractivity contribution in [3.05, 3.63) is 23.7 Å². The van der Waals surface area contributed by atoms with Gasteiger partial charge in [0.25, 0.3) is 0 Å². The molecule has 2 atom stereocenters. The van der Waals surface area contributed by atoms with Crippen LogP contribution in [0.4, 0.5) is 0 Å². The van der Waals surface area contributed by atoms with E-state index in [2.05, 4.69) is 10.2 Å². The second-order valence-corrected chi connectivity index (χ2v) is 7.17. The number of carbonyl (C=O) groups excluding carboxylic acids is 1. The van der Waals surface area contributed by atoms with E-state index in [0.717, 1.165) is 25.1 Å². The maximum atomic E-state index is 12.7. The first-order valence-electron chi connectivity index (χ1n) is 8.88. The number of morpholine rings is 1. The van der Waals surface area contributed by atoms with Crippen LogP contribution >= 0.6 is 0 Å². The number of aryl methyl sites for hydroxylation is 1. The number of hydrogen-bond acceptors (Lipinski definition) is 5. The Kier molecular flexibility index (Phi) is 5.27. The number of carbonyl (C=O) groups is 1. The van der Waals surface area contributed by atoms with Crippen LogP contribution in [0.1, 0.15) is 44.1 Å². The van der Waals surface area contributed by atoms with Crippen molar-refractivity contribution in [2.24, 2.45) is 0 Å². The number of aliphatic hydroxyl groups is 1. The molecule has 24 heavy (non-hydrogen) atoms. The molecule has 6 nitrogen and oxygen atoms in total. The number of furan rings is 1. The minimum atomic E-state index is -1.22. The molecule has 1 saturated carbocycles. The lowest BCUT2D eigenvalue weighted by Crippen LogP contribution is -2.57. The molecule has 0 aromatic carbocycles. The topological polar surface area (TPSA) is 74.9 Å². The van der Waals surface area contributed by atoms with Gasteiger partial charge in [-0.2, -0.15) is 0 Å². The number of nitrogens with one attached hydrogen (secondary N) is 1. The van der Waals surface area contributed by atoms with Crippen molar-refractivity contribution in [1.82, 2.24) is 10.2 Å². The van der Waals surface area contributed by atoms with E-state index in [9.17, 15) is 9.90 Å². The van der Waals surface area contributed by atoms with E-state index in [4.69, 9.17) is 9.15 Å². The van der Waals surface area contributed by atoms with Gasteiger partial charge in [-0.1, -0.05) is 12.8 Å². The maximum Gasteiger partial charge on any atom is 0.239 e. The summed E-state index contributed by atoms with van der Waals surface area (Å²) < 4.78 is 11.0. The summed E-state index contributed by atoms with van der Waals surface area (Å²) in [5, 5.41) is 13.5. The average Bonchev–Trinajstić information content (AvgIpc) is 3.24. The fourth-order valence-corrected chi connectivity index (χ4v) is 3.70. The van der Waals surface area contributed by atoms with Crippen molar-refractivity contribution in [2.75, 3.05) is 26.3 Å². The summed E-state index contributed by atoms with van der Waals surface area (Å²) in [6.07, 6.45) is 4.80. The fourth-order valence-electron chi connectivity index (χ4n) is 3.70. The van der Waals surface area contributed by atoms with Crippen molar-refractivity contribution < 1.29 is 19.1 Å². The van der Waals surface area contributed by atoms with Crippen LogP contribution in [0.15, 0.2) is 16.5 Å². The van der Waals surface area contributed by atoms with E-state index in [1.54, 1.807) is 13.0 Å². The number of rotatable bonds is 5. The zero-order valence-corrected chi connectivity index (χ0v) is 14.6. The second kappa shape index (κ2) is 7.25. The van der Waals surface area contributed by atoms with Gasteiger partial charge in [0.05, 0.1) is 19.8 Å². The molecular formula is C18H28N2O4. The third-order valence-corrected chi connectivity index (χ3v) is 5.14. The summed E-state index contributed by atoms with van der Waals surface area (Å²) in [4.78, 5) is 15.0. The normalized spacial score (nSPS) is 25.5. The first-order valence-corrected chi connectivity index (χ1v) is 8.88. The summed E-state index contributed by atoms with van der Waals surface area (Å²) >= 11 is 0. The van der Waals surface area contributed by atoms with Crippen LogP contribution in [-0.4, -0.2) is 54.3 Å². The Morgan fingerprint density at radius 2 is 2.17 bits per heavy atom.